The second kappa shape index (κ2) is 4.86. The zero-order valence-corrected chi connectivity index (χ0v) is 10.1. The fourth-order valence-electron chi connectivity index (χ4n) is 2.55. The highest BCUT2D eigenvalue weighted by atomic mass is 32.2. The molecule has 0 radical (unpaired) electrons. The highest BCUT2D eigenvalue weighted by Crippen LogP contribution is 2.22. The quantitative estimate of drug-likeness (QED) is 0.748. The van der Waals surface area contributed by atoms with Crippen LogP contribution >= 0.6 is 11.8 Å². The Kier molecular flexibility index (Phi) is 3.74. The lowest BCUT2D eigenvalue weighted by Gasteiger charge is -2.33. The summed E-state index contributed by atoms with van der Waals surface area (Å²) < 4.78 is 0. The molecule has 0 aromatic heterocycles. The number of nitrogens with one attached hydrogen (secondary N) is 1. The summed E-state index contributed by atoms with van der Waals surface area (Å²) in [5.74, 6) is 2.22. The van der Waals surface area contributed by atoms with Gasteiger partial charge < -0.3 is 10.2 Å². The van der Waals surface area contributed by atoms with E-state index in [0.29, 0.717) is 0 Å². The van der Waals surface area contributed by atoms with E-state index in [9.17, 15) is 0 Å². The molecular formula is C11H22N2S. The second-order valence-electron chi connectivity index (χ2n) is 4.73. The molecule has 1 N–H and O–H groups in total. The number of nitrogens with zero attached hydrogens (tertiary/aromatic N) is 1. The maximum atomic E-state index is 3.54. The third-order valence-electron chi connectivity index (χ3n) is 3.51. The van der Waals surface area contributed by atoms with Crippen LogP contribution in [0.5, 0.6) is 0 Å². The Hall–Kier alpha value is 0.270. The molecule has 0 aromatic rings. The number of rotatable bonds is 2. The summed E-state index contributed by atoms with van der Waals surface area (Å²) in [6.07, 6.45) is 1.37. The van der Waals surface area contributed by atoms with E-state index in [0.717, 1.165) is 17.2 Å². The molecule has 3 atom stereocenters. The molecule has 3 unspecified atom stereocenters. The van der Waals surface area contributed by atoms with Crippen LogP contribution in [0.4, 0.5) is 0 Å². The summed E-state index contributed by atoms with van der Waals surface area (Å²) in [5, 5.41) is 4.38. The Morgan fingerprint density at radius 2 is 2.29 bits per heavy atom. The van der Waals surface area contributed by atoms with Crippen LogP contribution in [-0.4, -0.2) is 48.1 Å². The Morgan fingerprint density at radius 3 is 2.93 bits per heavy atom. The molecule has 82 valence electrons. The van der Waals surface area contributed by atoms with Crippen molar-refractivity contribution in [1.29, 1.82) is 0 Å². The Bertz CT molecular complexity index is 186. The van der Waals surface area contributed by atoms with E-state index in [1.807, 2.05) is 0 Å². The monoisotopic (exact) mass is 214 g/mol. The molecule has 0 spiro atoms. The molecule has 2 heterocycles. The van der Waals surface area contributed by atoms with Gasteiger partial charge in [-0.1, -0.05) is 6.92 Å². The van der Waals surface area contributed by atoms with Gasteiger partial charge in [0, 0.05) is 36.7 Å². The second-order valence-corrected chi connectivity index (χ2v) is 6.28. The molecule has 2 aliphatic heterocycles. The van der Waals surface area contributed by atoms with Crippen LogP contribution in [0.2, 0.25) is 0 Å². The molecule has 2 nitrogen and oxygen atoms in total. The van der Waals surface area contributed by atoms with Gasteiger partial charge in [0.25, 0.3) is 0 Å². The van der Waals surface area contributed by atoms with Crippen LogP contribution in [0.15, 0.2) is 0 Å². The fourth-order valence-corrected chi connectivity index (χ4v) is 3.63. The summed E-state index contributed by atoms with van der Waals surface area (Å²) in [6, 6.07) is 0.736. The van der Waals surface area contributed by atoms with Gasteiger partial charge in [0.05, 0.1) is 0 Å². The molecule has 2 fully saturated rings. The minimum Gasteiger partial charge on any atom is -0.314 e. The summed E-state index contributed by atoms with van der Waals surface area (Å²) in [7, 11) is 0. The third-order valence-corrected chi connectivity index (χ3v) is 4.64. The van der Waals surface area contributed by atoms with E-state index >= 15 is 0 Å². The molecular weight excluding hydrogens is 192 g/mol. The summed E-state index contributed by atoms with van der Waals surface area (Å²) >= 11 is 2.12. The van der Waals surface area contributed by atoms with Gasteiger partial charge in [0.1, 0.15) is 0 Å². The van der Waals surface area contributed by atoms with Crippen LogP contribution in [0.25, 0.3) is 0 Å². The molecule has 0 saturated carbocycles. The molecule has 0 aromatic carbocycles. The first-order valence-electron chi connectivity index (χ1n) is 5.83. The molecule has 0 aliphatic carbocycles. The number of thioether (sulfide) groups is 1. The smallest absolute Gasteiger partial charge is 0.0147 e. The van der Waals surface area contributed by atoms with Crippen LogP contribution in [-0.2, 0) is 0 Å². The van der Waals surface area contributed by atoms with Crippen molar-refractivity contribution in [2.45, 2.75) is 31.6 Å². The maximum Gasteiger partial charge on any atom is 0.0147 e. The Labute approximate surface area is 91.8 Å². The summed E-state index contributed by atoms with van der Waals surface area (Å²) in [4.78, 5) is 2.66. The Morgan fingerprint density at radius 1 is 1.43 bits per heavy atom. The van der Waals surface area contributed by atoms with E-state index in [1.165, 1.54) is 38.4 Å². The van der Waals surface area contributed by atoms with Gasteiger partial charge in [-0.15, -0.1) is 0 Å². The highest BCUT2D eigenvalue weighted by Gasteiger charge is 2.26. The first kappa shape index (κ1) is 10.8. The standard InChI is InChI=1S/C11H22N2S/c1-9-7-13(5-6-14-9)8-11-3-4-12-10(11)2/h9-12H,3-8H2,1-2H3. The van der Waals surface area contributed by atoms with E-state index in [2.05, 4.69) is 35.8 Å². The van der Waals surface area contributed by atoms with Crippen LogP contribution in [0.1, 0.15) is 20.3 Å². The zero-order chi connectivity index (χ0) is 9.97. The van der Waals surface area contributed by atoms with Crippen molar-refractivity contribution in [3.8, 4) is 0 Å². The zero-order valence-electron chi connectivity index (χ0n) is 9.33. The van der Waals surface area contributed by atoms with Gasteiger partial charge in [-0.05, 0) is 25.8 Å². The largest absolute Gasteiger partial charge is 0.314 e. The lowest BCUT2D eigenvalue weighted by Crippen LogP contribution is -2.41. The average molecular weight is 214 g/mol. The maximum absolute atomic E-state index is 3.54. The van der Waals surface area contributed by atoms with Crippen molar-refractivity contribution >= 4 is 11.8 Å². The van der Waals surface area contributed by atoms with E-state index < -0.39 is 0 Å². The average Bonchev–Trinajstić information content (AvgIpc) is 2.52. The molecule has 0 bridgehead atoms. The normalized spacial score (nSPS) is 40.3. The molecule has 3 heteroatoms. The van der Waals surface area contributed by atoms with E-state index in [1.54, 1.807) is 0 Å². The topological polar surface area (TPSA) is 15.3 Å². The molecule has 2 saturated heterocycles. The first-order chi connectivity index (χ1) is 6.75. The van der Waals surface area contributed by atoms with Crippen molar-refractivity contribution in [3.05, 3.63) is 0 Å². The predicted molar refractivity (Wildman–Crippen MR) is 63.9 cm³/mol. The molecule has 0 amide bonds. The fraction of sp³-hybridized carbons (Fsp3) is 1.00. The van der Waals surface area contributed by atoms with Gasteiger partial charge in [0.15, 0.2) is 0 Å². The minimum absolute atomic E-state index is 0.736. The van der Waals surface area contributed by atoms with Crippen LogP contribution in [0.3, 0.4) is 0 Å². The highest BCUT2D eigenvalue weighted by molar-refractivity contribution is 7.99. The lowest BCUT2D eigenvalue weighted by molar-refractivity contribution is 0.232. The molecule has 2 aliphatic rings. The van der Waals surface area contributed by atoms with Gasteiger partial charge >= 0.3 is 0 Å². The summed E-state index contributed by atoms with van der Waals surface area (Å²) in [5.41, 5.74) is 0. The predicted octanol–water partition coefficient (Wildman–Crippen LogP) is 1.42. The van der Waals surface area contributed by atoms with Gasteiger partial charge in [0.2, 0.25) is 0 Å². The van der Waals surface area contributed by atoms with Crippen molar-refractivity contribution in [3.63, 3.8) is 0 Å². The minimum atomic E-state index is 0.736. The van der Waals surface area contributed by atoms with E-state index in [4.69, 9.17) is 0 Å². The number of hydrogen-bond acceptors (Lipinski definition) is 3. The molecule has 2 rings (SSSR count). The third kappa shape index (κ3) is 2.65. The van der Waals surface area contributed by atoms with Crippen LogP contribution < -0.4 is 5.32 Å². The lowest BCUT2D eigenvalue weighted by atomic mass is 10.0. The van der Waals surface area contributed by atoms with Crippen molar-refractivity contribution in [2.75, 3.05) is 31.9 Å². The summed E-state index contributed by atoms with van der Waals surface area (Å²) in [6.45, 7) is 9.84. The van der Waals surface area contributed by atoms with Crippen molar-refractivity contribution in [2.24, 2.45) is 5.92 Å². The van der Waals surface area contributed by atoms with Crippen LogP contribution in [0, 0.1) is 5.92 Å². The van der Waals surface area contributed by atoms with Crippen molar-refractivity contribution < 1.29 is 0 Å². The van der Waals surface area contributed by atoms with Gasteiger partial charge in [-0.2, -0.15) is 11.8 Å². The van der Waals surface area contributed by atoms with E-state index in [-0.39, 0.29) is 0 Å². The first-order valence-corrected chi connectivity index (χ1v) is 6.88. The Balaban J connectivity index is 1.78. The molecule has 14 heavy (non-hydrogen) atoms. The van der Waals surface area contributed by atoms with Crippen molar-refractivity contribution in [1.82, 2.24) is 10.2 Å². The SMILES string of the molecule is CC1CN(CC2CCNC2C)CCS1. The number of hydrogen-bond donors (Lipinski definition) is 1. The van der Waals surface area contributed by atoms with Gasteiger partial charge in [-0.3, -0.25) is 0 Å². The van der Waals surface area contributed by atoms with Gasteiger partial charge in [-0.25, -0.2) is 0 Å².